The number of allylic oxidation sites excluding steroid dienone is 1. The lowest BCUT2D eigenvalue weighted by atomic mass is 9.71. The first kappa shape index (κ1) is 19.8. The molecule has 0 spiro atoms. The normalized spacial score (nSPS) is 25.5. The summed E-state index contributed by atoms with van der Waals surface area (Å²) in [7, 11) is 1.50. The van der Waals surface area contributed by atoms with E-state index < -0.39 is 23.2 Å². The van der Waals surface area contributed by atoms with Crippen LogP contribution in [0.25, 0.3) is 0 Å². The van der Waals surface area contributed by atoms with Gasteiger partial charge in [0.2, 0.25) is 5.91 Å². The van der Waals surface area contributed by atoms with E-state index >= 15 is 0 Å². The van der Waals surface area contributed by atoms with Crippen LogP contribution in [0, 0.1) is 16.7 Å². The van der Waals surface area contributed by atoms with Crippen molar-refractivity contribution in [2.75, 3.05) is 12.9 Å². The second-order valence-corrected chi connectivity index (χ2v) is 6.85. The summed E-state index contributed by atoms with van der Waals surface area (Å²) in [6.45, 7) is 4.33. The summed E-state index contributed by atoms with van der Waals surface area (Å²) >= 11 is 4.02. The maximum atomic E-state index is 13.4. The molecule has 0 radical (unpaired) electrons. The van der Waals surface area contributed by atoms with Gasteiger partial charge in [-0.25, -0.2) is 0 Å². The quantitative estimate of drug-likeness (QED) is 0.606. The van der Waals surface area contributed by atoms with Crippen LogP contribution >= 0.6 is 12.6 Å². The van der Waals surface area contributed by atoms with Crippen LogP contribution in [0.3, 0.4) is 0 Å². The van der Waals surface area contributed by atoms with Crippen LogP contribution in [0.15, 0.2) is 11.6 Å². The van der Waals surface area contributed by atoms with Crippen LogP contribution in [-0.2, 0) is 4.79 Å². The molecule has 130 valence electrons. The molecular weight excluding hydrogens is 327 g/mol. The van der Waals surface area contributed by atoms with Gasteiger partial charge in [-0.3, -0.25) is 10.1 Å². The van der Waals surface area contributed by atoms with Gasteiger partial charge < -0.3 is 4.90 Å². The molecule has 0 fully saturated rings. The standard InChI is InChI=1S/C15H22F3N3OS/c1-13(2,20-9-23)12(22)21(4)11-6-5-10(8-19)14(3,7-11)15(16,17)18/h5,11,20,23H,6-7,9H2,1-4H3/t11?,14-/m1/s1. The molecule has 1 rings (SSSR count). The molecule has 0 aromatic rings. The number of likely N-dealkylation sites (N-methyl/N-ethyl adjacent to an activating group) is 1. The van der Waals surface area contributed by atoms with E-state index in [4.69, 9.17) is 5.26 Å². The average Bonchev–Trinajstić information content (AvgIpc) is 2.44. The van der Waals surface area contributed by atoms with Gasteiger partial charge >= 0.3 is 6.18 Å². The summed E-state index contributed by atoms with van der Waals surface area (Å²) < 4.78 is 40.3. The lowest BCUT2D eigenvalue weighted by Gasteiger charge is -2.42. The third-order valence-corrected chi connectivity index (χ3v) is 4.66. The van der Waals surface area contributed by atoms with Gasteiger partial charge in [0, 0.05) is 24.5 Å². The zero-order valence-electron chi connectivity index (χ0n) is 13.7. The Kier molecular flexibility index (Phi) is 5.81. The number of nitrogens with one attached hydrogen (secondary N) is 1. The van der Waals surface area contributed by atoms with Gasteiger partial charge in [0.1, 0.15) is 0 Å². The smallest absolute Gasteiger partial charge is 0.341 e. The number of rotatable bonds is 4. The van der Waals surface area contributed by atoms with Crippen LogP contribution in [0.1, 0.15) is 33.6 Å². The predicted molar refractivity (Wildman–Crippen MR) is 84.7 cm³/mol. The zero-order chi connectivity index (χ0) is 18.1. The topological polar surface area (TPSA) is 56.1 Å². The van der Waals surface area contributed by atoms with Crippen molar-refractivity contribution < 1.29 is 18.0 Å². The van der Waals surface area contributed by atoms with Crippen molar-refractivity contribution in [3.05, 3.63) is 11.6 Å². The lowest BCUT2D eigenvalue weighted by Crippen LogP contribution is -2.57. The molecule has 0 bridgehead atoms. The van der Waals surface area contributed by atoms with Crippen LogP contribution in [-0.4, -0.2) is 41.5 Å². The van der Waals surface area contributed by atoms with Gasteiger partial charge in [-0.2, -0.15) is 31.1 Å². The highest BCUT2D eigenvalue weighted by Gasteiger charge is 2.56. The third-order valence-electron chi connectivity index (χ3n) is 4.50. The molecule has 1 N–H and O–H groups in total. The van der Waals surface area contributed by atoms with Crippen molar-refractivity contribution in [1.29, 1.82) is 5.26 Å². The first-order valence-electron chi connectivity index (χ1n) is 7.21. The van der Waals surface area contributed by atoms with E-state index in [2.05, 4.69) is 17.9 Å². The molecule has 0 aromatic heterocycles. The zero-order valence-corrected chi connectivity index (χ0v) is 14.6. The van der Waals surface area contributed by atoms with Crippen molar-refractivity contribution in [2.45, 2.75) is 51.4 Å². The predicted octanol–water partition coefficient (Wildman–Crippen LogP) is 2.88. The van der Waals surface area contributed by atoms with Crippen LogP contribution in [0.4, 0.5) is 13.2 Å². The second kappa shape index (κ2) is 6.73. The second-order valence-electron chi connectivity index (χ2n) is 6.53. The van der Waals surface area contributed by atoms with Crippen LogP contribution < -0.4 is 5.32 Å². The number of nitrogens with zero attached hydrogens (tertiary/aromatic N) is 2. The molecule has 4 nitrogen and oxygen atoms in total. The Morgan fingerprint density at radius 3 is 2.57 bits per heavy atom. The molecule has 1 aliphatic rings. The number of alkyl halides is 3. The van der Waals surface area contributed by atoms with E-state index in [0.29, 0.717) is 0 Å². The molecular formula is C15H22F3N3OS. The van der Waals surface area contributed by atoms with Crippen molar-refractivity contribution in [1.82, 2.24) is 10.2 Å². The van der Waals surface area contributed by atoms with Crippen LogP contribution in [0.2, 0.25) is 0 Å². The Bertz CT molecular complexity index is 539. The molecule has 0 aromatic carbocycles. The van der Waals surface area contributed by atoms with Crippen molar-refractivity contribution in [3.63, 3.8) is 0 Å². The maximum Gasteiger partial charge on any atom is 0.398 e. The Balaban J connectivity index is 3.07. The van der Waals surface area contributed by atoms with Gasteiger partial charge in [0.05, 0.1) is 17.0 Å². The molecule has 2 atom stereocenters. The highest BCUT2D eigenvalue weighted by molar-refractivity contribution is 7.80. The Morgan fingerprint density at radius 1 is 1.57 bits per heavy atom. The summed E-state index contributed by atoms with van der Waals surface area (Å²) in [5, 5.41) is 11.9. The number of nitriles is 1. The van der Waals surface area contributed by atoms with Gasteiger partial charge in [0.25, 0.3) is 0 Å². The van der Waals surface area contributed by atoms with E-state index in [0.717, 1.165) is 6.92 Å². The van der Waals surface area contributed by atoms with E-state index in [9.17, 15) is 18.0 Å². The largest absolute Gasteiger partial charge is 0.398 e. The monoisotopic (exact) mass is 349 g/mol. The molecule has 0 saturated carbocycles. The number of carbonyl (C=O) groups excluding carboxylic acids is 1. The van der Waals surface area contributed by atoms with Gasteiger partial charge in [-0.1, -0.05) is 6.08 Å². The van der Waals surface area contributed by atoms with Crippen molar-refractivity contribution in [2.24, 2.45) is 5.41 Å². The summed E-state index contributed by atoms with van der Waals surface area (Å²) in [6, 6.07) is 1.04. The Hall–Kier alpha value is -1.20. The highest BCUT2D eigenvalue weighted by Crippen LogP contribution is 2.50. The summed E-state index contributed by atoms with van der Waals surface area (Å²) in [5.41, 5.74) is -3.44. The summed E-state index contributed by atoms with van der Waals surface area (Å²) in [6.07, 6.45) is -3.34. The van der Waals surface area contributed by atoms with Gasteiger partial charge in [0.15, 0.2) is 0 Å². The van der Waals surface area contributed by atoms with E-state index in [1.165, 1.54) is 18.0 Å². The Labute approximate surface area is 140 Å². The fraction of sp³-hybridized carbons (Fsp3) is 0.733. The number of hydrogen-bond acceptors (Lipinski definition) is 4. The minimum atomic E-state index is -4.55. The lowest BCUT2D eigenvalue weighted by molar-refractivity contribution is -0.210. The average molecular weight is 349 g/mol. The number of halogens is 3. The summed E-state index contributed by atoms with van der Waals surface area (Å²) in [5.74, 6) is -0.0365. The fourth-order valence-corrected chi connectivity index (χ4v) is 3.15. The first-order valence-corrected chi connectivity index (χ1v) is 7.84. The number of amides is 1. The molecule has 0 heterocycles. The minimum Gasteiger partial charge on any atom is -0.341 e. The molecule has 23 heavy (non-hydrogen) atoms. The minimum absolute atomic E-state index is 0.230. The molecule has 8 heteroatoms. The summed E-state index contributed by atoms with van der Waals surface area (Å²) in [4.78, 5) is 13.9. The Morgan fingerprint density at radius 2 is 2.13 bits per heavy atom. The van der Waals surface area contributed by atoms with E-state index in [1.807, 2.05) is 0 Å². The number of hydrogen-bond donors (Lipinski definition) is 2. The SMILES string of the molecule is CN(C(=O)C(C)(C)NCS)C1CC=C(C#N)[C@](C)(C(F)(F)F)C1. The van der Waals surface area contributed by atoms with E-state index in [1.54, 1.807) is 19.9 Å². The number of carbonyl (C=O) groups is 1. The molecule has 1 amide bonds. The maximum absolute atomic E-state index is 13.4. The molecule has 1 unspecified atom stereocenters. The van der Waals surface area contributed by atoms with E-state index in [-0.39, 0.29) is 30.2 Å². The third kappa shape index (κ3) is 3.83. The first-order chi connectivity index (χ1) is 10.4. The van der Waals surface area contributed by atoms with Crippen molar-refractivity contribution in [3.8, 4) is 6.07 Å². The van der Waals surface area contributed by atoms with Gasteiger partial charge in [-0.15, -0.1) is 0 Å². The number of thiol groups is 1. The van der Waals surface area contributed by atoms with Gasteiger partial charge in [-0.05, 0) is 33.6 Å². The van der Waals surface area contributed by atoms with Crippen LogP contribution in [0.5, 0.6) is 0 Å². The molecule has 0 aliphatic heterocycles. The highest BCUT2D eigenvalue weighted by atomic mass is 32.1. The fourth-order valence-electron chi connectivity index (χ4n) is 2.76. The van der Waals surface area contributed by atoms with Crippen molar-refractivity contribution >= 4 is 18.5 Å². The molecule has 0 saturated heterocycles. The molecule has 1 aliphatic carbocycles.